The number of hydrogen-bond acceptors (Lipinski definition) is 3. The molecule has 1 aromatic carbocycles. The maximum atomic E-state index is 12.1. The second-order valence-electron chi connectivity index (χ2n) is 3.68. The Kier molecular flexibility index (Phi) is 5.60. The van der Waals surface area contributed by atoms with Crippen molar-refractivity contribution in [2.45, 2.75) is 18.5 Å². The standard InChI is InChI=1S/C12H14ClF3O3/c1-17-9-5-8(7-13)6-10(18-2)11(9)19-4-3-12(14,15)16/h5-6H,3-4,7H2,1-2H3. The largest absolute Gasteiger partial charge is 0.493 e. The first-order valence-electron chi connectivity index (χ1n) is 5.41. The molecule has 0 spiro atoms. The van der Waals surface area contributed by atoms with Crippen molar-refractivity contribution in [3.05, 3.63) is 17.7 Å². The van der Waals surface area contributed by atoms with Crippen LogP contribution in [0.4, 0.5) is 13.2 Å². The smallest absolute Gasteiger partial charge is 0.392 e. The minimum absolute atomic E-state index is 0.142. The molecule has 0 bridgehead atoms. The molecule has 1 aromatic rings. The molecule has 7 heteroatoms. The van der Waals surface area contributed by atoms with E-state index in [1.807, 2.05) is 0 Å². The number of hydrogen-bond donors (Lipinski definition) is 0. The molecule has 0 saturated heterocycles. The first kappa shape index (κ1) is 15.8. The van der Waals surface area contributed by atoms with Gasteiger partial charge in [0.1, 0.15) is 0 Å². The molecule has 0 aliphatic rings. The average molecular weight is 299 g/mol. The lowest BCUT2D eigenvalue weighted by atomic mass is 10.2. The van der Waals surface area contributed by atoms with Gasteiger partial charge < -0.3 is 14.2 Å². The molecule has 0 heterocycles. The van der Waals surface area contributed by atoms with Crippen molar-refractivity contribution in [1.82, 2.24) is 0 Å². The van der Waals surface area contributed by atoms with Crippen molar-refractivity contribution in [3.8, 4) is 17.2 Å². The average Bonchev–Trinajstić information content (AvgIpc) is 2.37. The number of benzene rings is 1. The number of alkyl halides is 4. The Bertz CT molecular complexity index is 396. The van der Waals surface area contributed by atoms with E-state index < -0.39 is 19.2 Å². The summed E-state index contributed by atoms with van der Waals surface area (Å²) in [7, 11) is 2.78. The van der Waals surface area contributed by atoms with Crippen LogP contribution in [0.2, 0.25) is 0 Å². The predicted molar refractivity (Wildman–Crippen MR) is 65.3 cm³/mol. The zero-order chi connectivity index (χ0) is 14.5. The molecule has 0 fully saturated rings. The fourth-order valence-electron chi connectivity index (χ4n) is 1.42. The van der Waals surface area contributed by atoms with E-state index in [1.54, 1.807) is 12.1 Å². The highest BCUT2D eigenvalue weighted by Crippen LogP contribution is 2.39. The van der Waals surface area contributed by atoms with Gasteiger partial charge in [-0.1, -0.05) is 0 Å². The third-order valence-electron chi connectivity index (χ3n) is 2.31. The fraction of sp³-hybridized carbons (Fsp3) is 0.500. The van der Waals surface area contributed by atoms with E-state index in [0.717, 1.165) is 5.56 Å². The Morgan fingerprint density at radius 2 is 1.63 bits per heavy atom. The topological polar surface area (TPSA) is 27.7 Å². The summed E-state index contributed by atoms with van der Waals surface area (Å²) in [5, 5.41) is 0. The lowest BCUT2D eigenvalue weighted by Crippen LogP contribution is -2.13. The minimum atomic E-state index is -4.27. The molecule has 0 aliphatic carbocycles. The van der Waals surface area contributed by atoms with Crippen LogP contribution < -0.4 is 14.2 Å². The third kappa shape index (κ3) is 4.70. The summed E-state index contributed by atoms with van der Waals surface area (Å²) in [5.41, 5.74) is 0.721. The van der Waals surface area contributed by atoms with Crippen molar-refractivity contribution >= 4 is 11.6 Å². The first-order chi connectivity index (χ1) is 8.91. The van der Waals surface area contributed by atoms with Gasteiger partial charge in [0.2, 0.25) is 5.75 Å². The van der Waals surface area contributed by atoms with Crippen LogP contribution in [0, 0.1) is 0 Å². The van der Waals surface area contributed by atoms with E-state index in [-0.39, 0.29) is 23.1 Å². The van der Waals surface area contributed by atoms with Gasteiger partial charge in [-0.2, -0.15) is 13.2 Å². The summed E-state index contributed by atoms with van der Waals surface area (Å²) in [6, 6.07) is 3.19. The van der Waals surface area contributed by atoms with Crippen LogP contribution in [0.3, 0.4) is 0 Å². The van der Waals surface area contributed by atoms with Crippen LogP contribution in [0.5, 0.6) is 17.2 Å². The van der Waals surface area contributed by atoms with E-state index in [2.05, 4.69) is 0 Å². The van der Waals surface area contributed by atoms with Crippen LogP contribution in [-0.4, -0.2) is 27.0 Å². The van der Waals surface area contributed by atoms with Crippen molar-refractivity contribution in [3.63, 3.8) is 0 Å². The summed E-state index contributed by atoms with van der Waals surface area (Å²) >= 11 is 5.70. The Morgan fingerprint density at radius 3 is 2.00 bits per heavy atom. The van der Waals surface area contributed by atoms with Gasteiger partial charge in [0.15, 0.2) is 11.5 Å². The van der Waals surface area contributed by atoms with E-state index in [0.29, 0.717) is 0 Å². The number of rotatable bonds is 6. The molecule has 1 rings (SSSR count). The monoisotopic (exact) mass is 298 g/mol. The van der Waals surface area contributed by atoms with Gasteiger partial charge in [0, 0.05) is 5.88 Å². The molecule has 0 N–H and O–H groups in total. The highest BCUT2D eigenvalue weighted by Gasteiger charge is 2.27. The van der Waals surface area contributed by atoms with E-state index >= 15 is 0 Å². The molecule has 0 radical (unpaired) electrons. The van der Waals surface area contributed by atoms with Crippen LogP contribution in [-0.2, 0) is 5.88 Å². The van der Waals surface area contributed by atoms with Gasteiger partial charge in [0.25, 0.3) is 0 Å². The maximum absolute atomic E-state index is 12.1. The summed E-state index contributed by atoms with van der Waals surface area (Å²) in [6.45, 7) is -0.504. The van der Waals surface area contributed by atoms with Gasteiger partial charge in [-0.05, 0) is 17.7 Å². The molecule has 108 valence electrons. The molecule has 3 nitrogen and oxygen atoms in total. The number of halogens is 4. The summed E-state index contributed by atoms with van der Waals surface area (Å²) in [5.74, 6) is 0.952. The SMILES string of the molecule is COc1cc(CCl)cc(OC)c1OCCC(F)(F)F. The summed E-state index contributed by atoms with van der Waals surface area (Å²) in [6.07, 6.45) is -5.31. The molecule has 0 atom stereocenters. The maximum Gasteiger partial charge on any atom is 0.392 e. The second kappa shape index (κ2) is 6.75. The predicted octanol–water partition coefficient (Wildman–Crippen LogP) is 3.77. The van der Waals surface area contributed by atoms with E-state index in [9.17, 15) is 13.2 Å². The van der Waals surface area contributed by atoms with Crippen molar-refractivity contribution in [2.24, 2.45) is 0 Å². The van der Waals surface area contributed by atoms with Crippen LogP contribution in [0.1, 0.15) is 12.0 Å². The number of ether oxygens (including phenoxy) is 3. The zero-order valence-electron chi connectivity index (χ0n) is 10.5. The minimum Gasteiger partial charge on any atom is -0.493 e. The second-order valence-corrected chi connectivity index (χ2v) is 3.94. The third-order valence-corrected chi connectivity index (χ3v) is 2.62. The van der Waals surface area contributed by atoms with Crippen molar-refractivity contribution in [2.75, 3.05) is 20.8 Å². The first-order valence-corrected chi connectivity index (χ1v) is 5.95. The summed E-state index contributed by atoms with van der Waals surface area (Å²) in [4.78, 5) is 0. The number of methoxy groups -OCH3 is 2. The Labute approximate surface area is 114 Å². The van der Waals surface area contributed by atoms with Gasteiger partial charge >= 0.3 is 6.18 Å². The van der Waals surface area contributed by atoms with Gasteiger partial charge in [-0.3, -0.25) is 0 Å². The normalized spacial score (nSPS) is 11.3. The lowest BCUT2D eigenvalue weighted by molar-refractivity contribution is -0.139. The van der Waals surface area contributed by atoms with Gasteiger partial charge in [-0.25, -0.2) is 0 Å². The zero-order valence-corrected chi connectivity index (χ0v) is 11.3. The van der Waals surface area contributed by atoms with Crippen molar-refractivity contribution < 1.29 is 27.4 Å². The van der Waals surface area contributed by atoms with Crippen LogP contribution >= 0.6 is 11.6 Å². The lowest BCUT2D eigenvalue weighted by Gasteiger charge is -2.16. The van der Waals surface area contributed by atoms with E-state index in [1.165, 1.54) is 14.2 Å². The molecule has 0 amide bonds. The molecular weight excluding hydrogens is 285 g/mol. The van der Waals surface area contributed by atoms with Gasteiger partial charge in [-0.15, -0.1) is 11.6 Å². The molecular formula is C12H14ClF3O3. The Hall–Kier alpha value is -1.30. The fourth-order valence-corrected chi connectivity index (χ4v) is 1.58. The molecule has 19 heavy (non-hydrogen) atoms. The highest BCUT2D eigenvalue weighted by molar-refractivity contribution is 6.17. The van der Waals surface area contributed by atoms with Gasteiger partial charge in [0.05, 0.1) is 27.2 Å². The van der Waals surface area contributed by atoms with E-state index in [4.69, 9.17) is 25.8 Å². The quantitative estimate of drug-likeness (QED) is 0.748. The molecule has 0 aliphatic heterocycles. The molecule has 0 saturated carbocycles. The van der Waals surface area contributed by atoms with Crippen LogP contribution in [0.25, 0.3) is 0 Å². The molecule has 0 unspecified atom stereocenters. The van der Waals surface area contributed by atoms with Crippen LogP contribution in [0.15, 0.2) is 12.1 Å². The summed E-state index contributed by atoms with van der Waals surface area (Å²) < 4.78 is 51.5. The molecule has 0 aromatic heterocycles. The Balaban J connectivity index is 2.91. The highest BCUT2D eigenvalue weighted by atomic mass is 35.5. The van der Waals surface area contributed by atoms with Crippen molar-refractivity contribution in [1.29, 1.82) is 0 Å². The Morgan fingerprint density at radius 1 is 1.11 bits per heavy atom.